The van der Waals surface area contributed by atoms with Crippen LogP contribution in [0.5, 0.6) is 0 Å². The molecule has 0 saturated heterocycles. The largest absolute Gasteiger partial charge is 0.331 e. The summed E-state index contributed by atoms with van der Waals surface area (Å²) < 4.78 is 3.34. The van der Waals surface area contributed by atoms with E-state index in [1.807, 2.05) is 6.20 Å². The van der Waals surface area contributed by atoms with Gasteiger partial charge in [-0.3, -0.25) is 0 Å². The van der Waals surface area contributed by atoms with Gasteiger partial charge in [0, 0.05) is 29.8 Å². The summed E-state index contributed by atoms with van der Waals surface area (Å²) in [5, 5.41) is 0. The van der Waals surface area contributed by atoms with Crippen molar-refractivity contribution >= 4 is 15.9 Å². The number of aromatic nitrogens is 2. The zero-order valence-corrected chi connectivity index (χ0v) is 13.3. The summed E-state index contributed by atoms with van der Waals surface area (Å²) in [7, 11) is 0. The molecule has 0 bridgehead atoms. The minimum Gasteiger partial charge on any atom is -0.331 e. The van der Waals surface area contributed by atoms with Crippen molar-refractivity contribution < 1.29 is 0 Å². The maximum atomic E-state index is 4.50. The van der Waals surface area contributed by atoms with Crippen LogP contribution in [-0.2, 0) is 19.4 Å². The van der Waals surface area contributed by atoms with Crippen LogP contribution in [0.1, 0.15) is 17.0 Å². The number of rotatable bonds is 5. The van der Waals surface area contributed by atoms with Crippen LogP contribution in [0.3, 0.4) is 0 Å². The predicted octanol–water partition coefficient (Wildman–Crippen LogP) is 4.48. The lowest BCUT2D eigenvalue weighted by Crippen LogP contribution is -2.05. The normalized spacial score (nSPS) is 10.7. The smallest absolute Gasteiger partial charge is 0.109 e. The number of aryl methyl sites for hydroxylation is 2. The highest BCUT2D eigenvalue weighted by molar-refractivity contribution is 9.10. The van der Waals surface area contributed by atoms with Crippen molar-refractivity contribution in [3.8, 4) is 0 Å². The van der Waals surface area contributed by atoms with E-state index in [-0.39, 0.29) is 0 Å². The third-order valence-corrected chi connectivity index (χ3v) is 4.08. The zero-order chi connectivity index (χ0) is 14.5. The van der Waals surface area contributed by atoms with E-state index in [0.29, 0.717) is 0 Å². The second kappa shape index (κ2) is 6.72. The van der Waals surface area contributed by atoms with Crippen LogP contribution in [0.4, 0.5) is 0 Å². The van der Waals surface area contributed by atoms with Gasteiger partial charge in [0.15, 0.2) is 0 Å². The molecule has 1 heterocycles. The van der Waals surface area contributed by atoms with Crippen molar-refractivity contribution in [1.29, 1.82) is 0 Å². The number of hydrogen-bond donors (Lipinski definition) is 0. The van der Waals surface area contributed by atoms with Gasteiger partial charge in [-0.2, -0.15) is 0 Å². The molecule has 0 saturated carbocycles. The number of imidazole rings is 1. The molecule has 21 heavy (non-hydrogen) atoms. The van der Waals surface area contributed by atoms with Gasteiger partial charge in [-0.25, -0.2) is 4.98 Å². The Morgan fingerprint density at radius 2 is 1.62 bits per heavy atom. The van der Waals surface area contributed by atoms with Gasteiger partial charge < -0.3 is 4.57 Å². The summed E-state index contributed by atoms with van der Waals surface area (Å²) in [6, 6.07) is 19.0. The van der Waals surface area contributed by atoms with E-state index in [4.69, 9.17) is 0 Å². The first-order valence-electron chi connectivity index (χ1n) is 7.09. The number of benzene rings is 2. The molecule has 1 aromatic heterocycles. The van der Waals surface area contributed by atoms with Crippen molar-refractivity contribution in [1.82, 2.24) is 9.55 Å². The molecule has 3 rings (SSSR count). The molecule has 0 spiro atoms. The molecule has 0 N–H and O–H groups in total. The molecule has 2 nitrogen and oxygen atoms in total. The lowest BCUT2D eigenvalue weighted by atomic mass is 10.1. The molecular formula is C18H17BrN2. The minimum absolute atomic E-state index is 0.872. The average Bonchev–Trinajstić information content (AvgIpc) is 2.96. The van der Waals surface area contributed by atoms with E-state index >= 15 is 0 Å². The highest BCUT2D eigenvalue weighted by Gasteiger charge is 2.04. The molecule has 0 amide bonds. The fourth-order valence-electron chi connectivity index (χ4n) is 2.40. The molecule has 0 unspecified atom stereocenters. The molecule has 0 radical (unpaired) electrons. The summed E-state index contributed by atoms with van der Waals surface area (Å²) in [4.78, 5) is 4.50. The standard InChI is InChI=1S/C18H17BrN2/c19-17-9-6-16(7-10-17)14-21-13-12-20-18(21)11-8-15-4-2-1-3-5-15/h1-7,9-10,12-13H,8,11,14H2. The summed E-state index contributed by atoms with van der Waals surface area (Å²) in [5.41, 5.74) is 2.65. The highest BCUT2D eigenvalue weighted by atomic mass is 79.9. The van der Waals surface area contributed by atoms with E-state index in [9.17, 15) is 0 Å². The SMILES string of the molecule is Brc1ccc(Cn2ccnc2CCc2ccccc2)cc1. The van der Waals surface area contributed by atoms with Crippen molar-refractivity contribution in [3.05, 3.63) is 88.4 Å². The van der Waals surface area contributed by atoms with E-state index < -0.39 is 0 Å². The van der Waals surface area contributed by atoms with Crippen molar-refractivity contribution in [3.63, 3.8) is 0 Å². The Hall–Kier alpha value is -1.87. The van der Waals surface area contributed by atoms with Crippen molar-refractivity contribution in [2.45, 2.75) is 19.4 Å². The molecule has 0 atom stereocenters. The third-order valence-electron chi connectivity index (χ3n) is 3.55. The fraction of sp³-hybridized carbons (Fsp3) is 0.167. The Balaban J connectivity index is 1.68. The first-order chi connectivity index (χ1) is 10.3. The van der Waals surface area contributed by atoms with Gasteiger partial charge in [-0.15, -0.1) is 0 Å². The summed E-state index contributed by atoms with van der Waals surface area (Å²) in [5.74, 6) is 1.14. The van der Waals surface area contributed by atoms with Gasteiger partial charge in [0.1, 0.15) is 5.82 Å². The molecule has 3 aromatic rings. The number of halogens is 1. The van der Waals surface area contributed by atoms with Gasteiger partial charge in [-0.05, 0) is 29.7 Å². The van der Waals surface area contributed by atoms with E-state index in [1.165, 1.54) is 11.1 Å². The average molecular weight is 341 g/mol. The molecule has 0 fully saturated rings. The predicted molar refractivity (Wildman–Crippen MR) is 89.3 cm³/mol. The van der Waals surface area contributed by atoms with Gasteiger partial charge in [0.05, 0.1) is 0 Å². The van der Waals surface area contributed by atoms with Crippen LogP contribution < -0.4 is 0 Å². The van der Waals surface area contributed by atoms with Crippen LogP contribution in [0.2, 0.25) is 0 Å². The van der Waals surface area contributed by atoms with Crippen LogP contribution >= 0.6 is 15.9 Å². The molecule has 3 heteroatoms. The Bertz CT molecular complexity index is 687. The lowest BCUT2D eigenvalue weighted by molar-refractivity contribution is 0.712. The van der Waals surface area contributed by atoms with Crippen LogP contribution in [-0.4, -0.2) is 9.55 Å². The first kappa shape index (κ1) is 14.1. The third kappa shape index (κ3) is 3.82. The molecule has 0 aliphatic heterocycles. The summed E-state index contributed by atoms with van der Waals surface area (Å²) >= 11 is 3.47. The Kier molecular flexibility index (Phi) is 4.51. The second-order valence-electron chi connectivity index (χ2n) is 5.08. The lowest BCUT2D eigenvalue weighted by Gasteiger charge is -2.08. The van der Waals surface area contributed by atoms with E-state index in [0.717, 1.165) is 29.7 Å². The summed E-state index contributed by atoms with van der Waals surface area (Å²) in [6.45, 7) is 0.872. The van der Waals surface area contributed by atoms with E-state index in [2.05, 4.69) is 86.3 Å². The maximum Gasteiger partial charge on any atom is 0.109 e. The quantitative estimate of drug-likeness (QED) is 0.669. The van der Waals surface area contributed by atoms with Crippen LogP contribution in [0.25, 0.3) is 0 Å². The molecule has 0 aliphatic rings. The Morgan fingerprint density at radius 3 is 2.38 bits per heavy atom. The Labute approximate surface area is 133 Å². The maximum absolute atomic E-state index is 4.50. The van der Waals surface area contributed by atoms with Crippen molar-refractivity contribution in [2.75, 3.05) is 0 Å². The molecular weight excluding hydrogens is 324 g/mol. The zero-order valence-electron chi connectivity index (χ0n) is 11.7. The van der Waals surface area contributed by atoms with Gasteiger partial charge in [0.2, 0.25) is 0 Å². The van der Waals surface area contributed by atoms with Crippen LogP contribution in [0.15, 0.2) is 71.5 Å². The van der Waals surface area contributed by atoms with Gasteiger partial charge in [-0.1, -0.05) is 58.4 Å². The molecule has 106 valence electrons. The van der Waals surface area contributed by atoms with E-state index in [1.54, 1.807) is 0 Å². The molecule has 0 aliphatic carbocycles. The van der Waals surface area contributed by atoms with Crippen molar-refractivity contribution in [2.24, 2.45) is 0 Å². The highest BCUT2D eigenvalue weighted by Crippen LogP contribution is 2.13. The van der Waals surface area contributed by atoms with Crippen LogP contribution in [0, 0.1) is 0 Å². The number of nitrogens with zero attached hydrogens (tertiary/aromatic N) is 2. The number of hydrogen-bond acceptors (Lipinski definition) is 1. The fourth-order valence-corrected chi connectivity index (χ4v) is 2.66. The topological polar surface area (TPSA) is 17.8 Å². The second-order valence-corrected chi connectivity index (χ2v) is 6.00. The Morgan fingerprint density at radius 1 is 0.857 bits per heavy atom. The van der Waals surface area contributed by atoms with Gasteiger partial charge in [0.25, 0.3) is 0 Å². The van der Waals surface area contributed by atoms with Gasteiger partial charge >= 0.3 is 0 Å². The minimum atomic E-state index is 0.872. The molecule has 2 aromatic carbocycles. The summed E-state index contributed by atoms with van der Waals surface area (Å²) in [6.07, 6.45) is 5.94. The first-order valence-corrected chi connectivity index (χ1v) is 7.89. The monoisotopic (exact) mass is 340 g/mol.